The zero-order chi connectivity index (χ0) is 42.1. The molecule has 3 N–H and O–H groups in total. The molecule has 3 heterocycles. The predicted octanol–water partition coefficient (Wildman–Crippen LogP) is 7.79. The van der Waals surface area contributed by atoms with Crippen molar-refractivity contribution in [2.45, 2.75) is 137 Å². The van der Waals surface area contributed by atoms with E-state index in [0.717, 1.165) is 83.1 Å². The van der Waals surface area contributed by atoms with Gasteiger partial charge in [0.25, 0.3) is 0 Å². The highest BCUT2D eigenvalue weighted by molar-refractivity contribution is 5.87. The van der Waals surface area contributed by atoms with Gasteiger partial charge in [0.2, 0.25) is 5.89 Å². The summed E-state index contributed by atoms with van der Waals surface area (Å²) in [5, 5.41) is 22.1. The van der Waals surface area contributed by atoms with Crippen molar-refractivity contribution in [1.29, 1.82) is 0 Å². The van der Waals surface area contributed by atoms with Crippen LogP contribution in [0.4, 0.5) is 0 Å². The lowest BCUT2D eigenvalue weighted by atomic mass is 9.56. The first-order valence-electron chi connectivity index (χ1n) is 24.1. The summed E-state index contributed by atoms with van der Waals surface area (Å²) in [5.74, 6) is 2.55. The van der Waals surface area contributed by atoms with Crippen molar-refractivity contribution in [3.63, 3.8) is 0 Å². The monoisotopic (exact) mass is 838 g/mol. The molecule has 7 fully saturated rings. The van der Waals surface area contributed by atoms with Crippen LogP contribution < -0.4 is 10.6 Å². The van der Waals surface area contributed by atoms with E-state index in [1.165, 1.54) is 61.8 Å². The number of aromatic nitrogens is 2. The predicted molar refractivity (Wildman–Crippen MR) is 241 cm³/mol. The Balaban J connectivity index is 0.751. The van der Waals surface area contributed by atoms with Gasteiger partial charge in [0.1, 0.15) is 0 Å². The van der Waals surface area contributed by atoms with Crippen LogP contribution in [0.5, 0.6) is 0 Å². The van der Waals surface area contributed by atoms with Crippen LogP contribution in [0, 0.1) is 10.8 Å². The normalized spacial score (nSPS) is 33.5. The van der Waals surface area contributed by atoms with Gasteiger partial charge in [0.05, 0.1) is 5.56 Å². The summed E-state index contributed by atoms with van der Waals surface area (Å²) in [4.78, 5) is 25.1. The zero-order valence-corrected chi connectivity index (χ0v) is 36.9. The zero-order valence-electron chi connectivity index (χ0n) is 36.9. The number of rotatable bonds is 17. The van der Waals surface area contributed by atoms with E-state index in [1.54, 1.807) is 12.1 Å². The van der Waals surface area contributed by atoms with E-state index in [2.05, 4.69) is 105 Å². The second kappa shape index (κ2) is 16.3. The topological polar surface area (TPSA) is 110 Å². The van der Waals surface area contributed by atoms with Gasteiger partial charge in [-0.15, -0.1) is 0 Å². The third-order valence-corrected chi connectivity index (χ3v) is 17.0. The molecule has 2 saturated heterocycles. The van der Waals surface area contributed by atoms with Crippen molar-refractivity contribution < 1.29 is 14.4 Å². The minimum Gasteiger partial charge on any atom is -0.478 e. The summed E-state index contributed by atoms with van der Waals surface area (Å²) < 4.78 is 6.11. The first kappa shape index (κ1) is 40.8. The lowest BCUT2D eigenvalue weighted by Crippen LogP contribution is -2.60. The minimum atomic E-state index is -0.867. The van der Waals surface area contributed by atoms with Crippen molar-refractivity contribution >= 4 is 5.97 Å². The molecule has 328 valence electrons. The summed E-state index contributed by atoms with van der Waals surface area (Å²) in [6.45, 7) is 9.81. The molecular formula is C52H67N7O3. The molecule has 62 heavy (non-hydrogen) atoms. The summed E-state index contributed by atoms with van der Waals surface area (Å²) in [6, 6.07) is 32.2. The number of nitrogens with zero attached hydrogens (tertiary/aromatic N) is 5. The van der Waals surface area contributed by atoms with Gasteiger partial charge >= 0.3 is 5.97 Å². The molecule has 7 aliphatic rings. The van der Waals surface area contributed by atoms with Crippen LogP contribution >= 0.6 is 0 Å². The lowest BCUT2D eigenvalue weighted by molar-refractivity contribution is -0.0477. The number of benzene rings is 3. The van der Waals surface area contributed by atoms with Crippen molar-refractivity contribution in [3.05, 3.63) is 119 Å². The molecule has 3 aromatic carbocycles. The van der Waals surface area contributed by atoms with Crippen LogP contribution in [0.25, 0.3) is 0 Å². The van der Waals surface area contributed by atoms with Crippen LogP contribution in [-0.4, -0.2) is 112 Å². The smallest absolute Gasteiger partial charge is 0.335 e. The number of carbonyl (C=O) groups is 1. The fraction of sp³-hybridized carbons (Fsp3) is 0.596. The third kappa shape index (κ3) is 8.54. The maximum Gasteiger partial charge on any atom is 0.335 e. The molecule has 2 aliphatic heterocycles. The van der Waals surface area contributed by atoms with Gasteiger partial charge in [0, 0.05) is 92.6 Å². The number of aromatic carboxylic acids is 1. The average molecular weight is 838 g/mol. The van der Waals surface area contributed by atoms with Gasteiger partial charge in [0.15, 0.2) is 5.82 Å². The summed E-state index contributed by atoms with van der Waals surface area (Å²) in [6.07, 6.45) is 13.2. The molecule has 4 aromatic rings. The van der Waals surface area contributed by atoms with E-state index in [9.17, 15) is 9.90 Å². The second-order valence-electron chi connectivity index (χ2n) is 21.5. The summed E-state index contributed by atoms with van der Waals surface area (Å²) in [5.41, 5.74) is 5.19. The lowest BCUT2D eigenvalue weighted by Gasteiger charge is -2.55. The van der Waals surface area contributed by atoms with E-state index in [4.69, 9.17) is 9.51 Å². The van der Waals surface area contributed by atoms with Gasteiger partial charge in [-0.1, -0.05) is 78.0 Å². The molecular weight excluding hydrogens is 771 g/mol. The molecule has 0 bridgehead atoms. The number of carboxylic acid groups (broad SMARTS) is 1. The van der Waals surface area contributed by atoms with Crippen molar-refractivity contribution in [1.82, 2.24) is 35.5 Å². The Morgan fingerprint density at radius 2 is 1.45 bits per heavy atom. The molecule has 1 spiro atoms. The van der Waals surface area contributed by atoms with Gasteiger partial charge in [-0.25, -0.2) is 4.79 Å². The highest BCUT2D eigenvalue weighted by Gasteiger charge is 2.54. The highest BCUT2D eigenvalue weighted by Crippen LogP contribution is 2.59. The van der Waals surface area contributed by atoms with Gasteiger partial charge < -0.3 is 25.2 Å². The maximum atomic E-state index is 11.7. The van der Waals surface area contributed by atoms with Crippen LogP contribution in [0.1, 0.15) is 134 Å². The number of piperidine rings is 1. The third-order valence-electron chi connectivity index (χ3n) is 17.0. The SMILES string of the molecule is C[C@@H]1CN(CC2(CN[C@H]3CC3c3ccccc3)CC2)[C@@H](CC2CC3(CCN2Cc2ccc(C(=O)O)cc2)CC(c2nc(C4(CN[C@H]5CC5c5ccccc5)CC4)no2)C3)CN1C. The molecule has 3 unspecified atom stereocenters. The number of hydrogen-bond donors (Lipinski definition) is 3. The second-order valence-corrected chi connectivity index (χ2v) is 21.5. The Morgan fingerprint density at radius 1 is 0.790 bits per heavy atom. The first-order valence-corrected chi connectivity index (χ1v) is 24.1. The first-order chi connectivity index (χ1) is 30.1. The molecule has 1 aromatic heterocycles. The van der Waals surface area contributed by atoms with Crippen LogP contribution in [0.15, 0.2) is 89.5 Å². The van der Waals surface area contributed by atoms with Crippen molar-refractivity contribution in [2.24, 2.45) is 10.8 Å². The number of piperazine rings is 1. The molecule has 0 amide bonds. The summed E-state index contributed by atoms with van der Waals surface area (Å²) in [7, 11) is 2.33. The van der Waals surface area contributed by atoms with E-state index >= 15 is 0 Å². The molecule has 10 nitrogen and oxygen atoms in total. The largest absolute Gasteiger partial charge is 0.478 e. The molecule has 7 atom stereocenters. The Labute approximate surface area is 368 Å². The van der Waals surface area contributed by atoms with Crippen molar-refractivity contribution in [3.8, 4) is 0 Å². The Kier molecular flexibility index (Phi) is 10.7. The fourth-order valence-corrected chi connectivity index (χ4v) is 12.1. The van der Waals surface area contributed by atoms with E-state index in [0.29, 0.717) is 64.4 Å². The van der Waals surface area contributed by atoms with Crippen LogP contribution in [-0.2, 0) is 12.0 Å². The standard InChI is InChI=1S/C52H67N7O3/c1-35-29-59(34-50(17-18-50)32-53-45-24-43(45)37-9-5-3-6-10-37)42(31-57(35)2)23-41-28-51(21-22-58(41)30-36-13-15-39(16-14-36)48(60)61)26-40(27-51)47-55-49(56-62-47)52(19-20-52)33-54-46-25-44(46)38-11-7-4-8-12-38/h3-16,35,40-46,53-54H,17-34H2,1-2H3,(H,60,61)/t35-,40?,41?,42+,43?,44?,45+,46+,51?/m1/s1. The van der Waals surface area contributed by atoms with E-state index in [1.807, 2.05) is 12.1 Å². The molecule has 11 rings (SSSR count). The van der Waals surface area contributed by atoms with E-state index in [-0.39, 0.29) is 5.41 Å². The minimum absolute atomic E-state index is 0.0280. The Hall–Kier alpha value is -3.93. The fourth-order valence-electron chi connectivity index (χ4n) is 12.1. The van der Waals surface area contributed by atoms with Crippen molar-refractivity contribution in [2.75, 3.05) is 46.3 Å². The maximum absolute atomic E-state index is 11.7. The van der Waals surface area contributed by atoms with Gasteiger partial charge in [-0.3, -0.25) is 9.80 Å². The quantitative estimate of drug-likeness (QED) is 0.0976. The number of likely N-dealkylation sites (N-methyl/N-ethyl adjacent to an activating group) is 1. The molecule has 0 radical (unpaired) electrons. The molecule has 5 saturated carbocycles. The number of carboxylic acids is 1. The van der Waals surface area contributed by atoms with Gasteiger partial charge in [-0.05, 0) is 131 Å². The van der Waals surface area contributed by atoms with Crippen LogP contribution in [0.3, 0.4) is 0 Å². The average Bonchev–Trinajstić information content (AvgIpc) is 4.11. The Bertz CT molecular complexity index is 2180. The highest BCUT2D eigenvalue weighted by atomic mass is 16.5. The molecule has 5 aliphatic carbocycles. The summed E-state index contributed by atoms with van der Waals surface area (Å²) >= 11 is 0. The Morgan fingerprint density at radius 3 is 2.08 bits per heavy atom. The number of hydrogen-bond acceptors (Lipinski definition) is 9. The van der Waals surface area contributed by atoms with Crippen LogP contribution in [0.2, 0.25) is 0 Å². The van der Waals surface area contributed by atoms with Gasteiger partial charge in [-0.2, -0.15) is 4.98 Å². The number of likely N-dealkylation sites (tertiary alicyclic amines) is 1. The molecule has 10 heteroatoms. The number of nitrogens with one attached hydrogen (secondary N) is 2. The van der Waals surface area contributed by atoms with E-state index < -0.39 is 5.97 Å².